The van der Waals surface area contributed by atoms with Gasteiger partial charge >= 0.3 is 0 Å². The molecule has 2 atom stereocenters. The molecule has 0 saturated carbocycles. The van der Waals surface area contributed by atoms with Crippen LogP contribution in [0.4, 0.5) is 0 Å². The first-order chi connectivity index (χ1) is 20.7. The second-order valence-electron chi connectivity index (χ2n) is 10.9. The molecule has 0 rings (SSSR count). The maximum Gasteiger partial charge on any atom is 0.224 e. The lowest BCUT2D eigenvalue weighted by Gasteiger charge is -2.19. The van der Waals surface area contributed by atoms with Crippen LogP contribution in [0.5, 0.6) is 0 Å². The van der Waals surface area contributed by atoms with Gasteiger partial charge in [0.15, 0.2) is 0 Å². The third-order valence-electron chi connectivity index (χ3n) is 6.89. The molecule has 0 radical (unpaired) electrons. The molecule has 0 aromatic carbocycles. The molecule has 0 bridgehead atoms. The van der Waals surface area contributed by atoms with Crippen LogP contribution < -0.4 is 5.32 Å². The van der Waals surface area contributed by atoms with Crippen LogP contribution in [0, 0.1) is 0 Å². The van der Waals surface area contributed by atoms with Gasteiger partial charge in [-0.25, -0.2) is 0 Å². The molecule has 0 aliphatic rings. The van der Waals surface area contributed by atoms with E-state index in [1.807, 2.05) is 18.2 Å². The van der Waals surface area contributed by atoms with Crippen LogP contribution in [-0.2, 0) is 4.79 Å². The van der Waals surface area contributed by atoms with Gasteiger partial charge in [-0.15, -0.1) is 0 Å². The van der Waals surface area contributed by atoms with E-state index >= 15 is 0 Å². The minimum atomic E-state index is -0.904. The van der Waals surface area contributed by atoms with Gasteiger partial charge in [0.2, 0.25) is 5.91 Å². The van der Waals surface area contributed by atoms with Crippen LogP contribution in [0.15, 0.2) is 85.1 Å². The third kappa shape index (κ3) is 29.1. The average molecular weight is 582 g/mol. The van der Waals surface area contributed by atoms with Crippen molar-refractivity contribution in [2.45, 2.75) is 142 Å². The molecule has 0 spiro atoms. The Bertz CT molecular complexity index is 803. The van der Waals surface area contributed by atoms with E-state index in [0.717, 1.165) is 51.4 Å². The molecule has 0 aliphatic carbocycles. The highest BCUT2D eigenvalue weighted by molar-refractivity contribution is 5.77. The normalized spacial score (nSPS) is 14.3. The summed E-state index contributed by atoms with van der Waals surface area (Å²) in [5.41, 5.74) is 0. The van der Waals surface area contributed by atoms with Crippen molar-refractivity contribution in [1.29, 1.82) is 0 Å². The van der Waals surface area contributed by atoms with Crippen LogP contribution in [-0.4, -0.2) is 34.9 Å². The molecule has 0 heterocycles. The summed E-state index contributed by atoms with van der Waals surface area (Å²) in [5, 5.41) is 22.7. The summed E-state index contributed by atoms with van der Waals surface area (Å²) < 4.78 is 0. The van der Waals surface area contributed by atoms with E-state index in [9.17, 15) is 15.0 Å². The predicted octanol–water partition coefficient (Wildman–Crippen LogP) is 9.78. The molecule has 42 heavy (non-hydrogen) atoms. The van der Waals surface area contributed by atoms with E-state index in [0.29, 0.717) is 0 Å². The van der Waals surface area contributed by atoms with Crippen LogP contribution in [0.25, 0.3) is 0 Å². The number of hydrogen-bond acceptors (Lipinski definition) is 3. The number of aliphatic hydroxyl groups is 2. The Morgan fingerprint density at radius 3 is 1.62 bits per heavy atom. The number of aliphatic hydroxyl groups excluding tert-OH is 2. The van der Waals surface area contributed by atoms with Gasteiger partial charge < -0.3 is 15.5 Å². The molecule has 2 unspecified atom stereocenters. The number of allylic oxidation sites excluding steroid dienone is 12. The van der Waals surface area contributed by atoms with E-state index in [1.54, 1.807) is 6.08 Å². The van der Waals surface area contributed by atoms with Gasteiger partial charge in [0, 0.05) is 6.42 Å². The second-order valence-corrected chi connectivity index (χ2v) is 10.9. The third-order valence-corrected chi connectivity index (χ3v) is 6.89. The van der Waals surface area contributed by atoms with Gasteiger partial charge in [0.25, 0.3) is 0 Å². The van der Waals surface area contributed by atoms with E-state index in [-0.39, 0.29) is 18.9 Å². The van der Waals surface area contributed by atoms with Gasteiger partial charge in [-0.05, 0) is 57.8 Å². The number of unbranched alkanes of at least 4 members (excludes halogenated alkanes) is 10. The lowest BCUT2D eigenvalue weighted by atomic mass is 10.1. The highest BCUT2D eigenvalue weighted by Crippen LogP contribution is 2.11. The molecule has 0 fully saturated rings. The Hall–Kier alpha value is -2.43. The molecule has 3 N–H and O–H groups in total. The van der Waals surface area contributed by atoms with Crippen molar-refractivity contribution in [2.75, 3.05) is 6.61 Å². The van der Waals surface area contributed by atoms with Gasteiger partial charge in [-0.3, -0.25) is 4.79 Å². The Morgan fingerprint density at radius 1 is 0.595 bits per heavy atom. The fourth-order valence-electron chi connectivity index (χ4n) is 4.32. The lowest BCUT2D eigenvalue weighted by Crippen LogP contribution is -2.44. The summed E-state index contributed by atoms with van der Waals surface area (Å²) in [4.78, 5) is 12.2. The van der Waals surface area contributed by atoms with Crippen LogP contribution in [0.3, 0.4) is 0 Å². The lowest BCUT2D eigenvalue weighted by molar-refractivity contribution is -0.122. The maximum atomic E-state index is 12.2. The van der Waals surface area contributed by atoms with Crippen molar-refractivity contribution in [3.05, 3.63) is 85.1 Å². The highest BCUT2D eigenvalue weighted by atomic mass is 16.3. The van der Waals surface area contributed by atoms with E-state index in [1.165, 1.54) is 57.8 Å². The zero-order valence-corrected chi connectivity index (χ0v) is 27.0. The Morgan fingerprint density at radius 2 is 1.07 bits per heavy atom. The molecule has 4 heteroatoms. The van der Waals surface area contributed by atoms with Crippen LogP contribution in [0.2, 0.25) is 0 Å². The summed E-state index contributed by atoms with van der Waals surface area (Å²) in [6, 6.07) is -0.696. The number of nitrogens with one attached hydrogen (secondary N) is 1. The topological polar surface area (TPSA) is 69.6 Å². The molecule has 0 aromatic heterocycles. The number of hydrogen-bond donors (Lipinski definition) is 3. The SMILES string of the molecule is CC/C=C\C/C=C\C/C=C\C/C=C\C/C=C\CC(=O)NC(CO)C(O)/C=C/CC/C=C/CCCCCCCCCCC. The van der Waals surface area contributed by atoms with E-state index in [2.05, 4.69) is 79.9 Å². The fraction of sp³-hybridized carbons (Fsp3) is 0.605. The summed E-state index contributed by atoms with van der Waals surface area (Å²) in [6.45, 7) is 4.10. The minimum absolute atomic E-state index is 0.206. The van der Waals surface area contributed by atoms with Gasteiger partial charge in [0.1, 0.15) is 0 Å². The number of carbonyl (C=O) groups is 1. The van der Waals surface area contributed by atoms with Gasteiger partial charge in [-0.1, -0.05) is 150 Å². The molecule has 0 saturated heterocycles. The minimum Gasteiger partial charge on any atom is -0.394 e. The number of carbonyl (C=O) groups excluding carboxylic acids is 1. The largest absolute Gasteiger partial charge is 0.394 e. The monoisotopic (exact) mass is 581 g/mol. The van der Waals surface area contributed by atoms with Crippen LogP contribution >= 0.6 is 0 Å². The first-order valence-electron chi connectivity index (χ1n) is 16.8. The van der Waals surface area contributed by atoms with Gasteiger partial charge in [-0.2, -0.15) is 0 Å². The molecule has 4 nitrogen and oxygen atoms in total. The van der Waals surface area contributed by atoms with Crippen molar-refractivity contribution in [2.24, 2.45) is 0 Å². The van der Waals surface area contributed by atoms with Crippen molar-refractivity contribution in [1.82, 2.24) is 5.32 Å². The van der Waals surface area contributed by atoms with Crippen molar-refractivity contribution >= 4 is 5.91 Å². The standard InChI is InChI=1S/C38H63NO3/c1-3-5-7-9-11-13-15-17-19-21-23-25-27-29-31-33-37(41)36(35-40)39-38(42)34-32-30-28-26-24-22-20-18-16-14-12-10-8-6-4-2/h6,8,12,14,18,20,23-26,30-33,36-37,40-41H,3-5,7,9-11,13,15-17,19,21-22,27-29,34-35H2,1-2H3,(H,39,42)/b8-6-,14-12-,20-18-,25-23+,26-24-,32-30-,33-31+. The van der Waals surface area contributed by atoms with Crippen molar-refractivity contribution in [3.63, 3.8) is 0 Å². The Labute approximate surface area is 259 Å². The quantitative estimate of drug-likeness (QED) is 0.0636. The Kier molecular flexibility index (Phi) is 31.2. The fourth-order valence-corrected chi connectivity index (χ4v) is 4.32. The molecular weight excluding hydrogens is 518 g/mol. The summed E-state index contributed by atoms with van der Waals surface area (Å²) in [7, 11) is 0. The predicted molar refractivity (Wildman–Crippen MR) is 183 cm³/mol. The molecule has 1 amide bonds. The number of amides is 1. The summed E-state index contributed by atoms with van der Waals surface area (Å²) in [6.07, 6.45) is 48.2. The molecule has 238 valence electrons. The molecular formula is C38H63NO3. The van der Waals surface area contributed by atoms with Crippen LogP contribution in [0.1, 0.15) is 129 Å². The number of rotatable bonds is 28. The second kappa shape index (κ2) is 33.1. The maximum absolute atomic E-state index is 12.2. The highest BCUT2D eigenvalue weighted by Gasteiger charge is 2.17. The molecule has 0 aliphatic heterocycles. The smallest absolute Gasteiger partial charge is 0.224 e. The van der Waals surface area contributed by atoms with E-state index in [4.69, 9.17) is 0 Å². The first-order valence-corrected chi connectivity index (χ1v) is 16.8. The zero-order chi connectivity index (χ0) is 30.8. The average Bonchev–Trinajstić information content (AvgIpc) is 2.99. The van der Waals surface area contributed by atoms with Crippen molar-refractivity contribution < 1.29 is 15.0 Å². The molecule has 0 aromatic rings. The van der Waals surface area contributed by atoms with Gasteiger partial charge in [0.05, 0.1) is 18.8 Å². The first kappa shape index (κ1) is 39.6. The van der Waals surface area contributed by atoms with E-state index < -0.39 is 12.1 Å². The Balaban J connectivity index is 3.90. The zero-order valence-electron chi connectivity index (χ0n) is 27.0. The summed E-state index contributed by atoms with van der Waals surface area (Å²) in [5.74, 6) is -0.206. The summed E-state index contributed by atoms with van der Waals surface area (Å²) >= 11 is 0. The van der Waals surface area contributed by atoms with Crippen molar-refractivity contribution in [3.8, 4) is 0 Å².